The Morgan fingerprint density at radius 3 is 2.88 bits per heavy atom. The van der Waals surface area contributed by atoms with Crippen LogP contribution in [0.25, 0.3) is 10.9 Å². The molecule has 0 aliphatic heterocycles. The molecule has 0 spiro atoms. The van der Waals surface area contributed by atoms with Crippen LogP contribution in [0.2, 0.25) is 0 Å². The second-order valence-corrected chi connectivity index (χ2v) is 5.87. The maximum atomic E-state index is 12.6. The molecule has 5 heteroatoms. The minimum absolute atomic E-state index is 0.0168. The smallest absolute Gasteiger partial charge is 0.252 e. The number of aryl methyl sites for hydroxylation is 1. The van der Waals surface area contributed by atoms with E-state index in [2.05, 4.69) is 10.3 Å². The van der Waals surface area contributed by atoms with Gasteiger partial charge in [-0.25, -0.2) is 0 Å². The number of carbonyl (C=O) groups is 1. The first-order valence-corrected chi connectivity index (χ1v) is 7.95. The van der Waals surface area contributed by atoms with Gasteiger partial charge in [0.15, 0.2) is 0 Å². The molecule has 24 heavy (non-hydrogen) atoms. The second-order valence-electron chi connectivity index (χ2n) is 5.87. The molecule has 2 N–H and O–H groups in total. The zero-order valence-corrected chi connectivity index (χ0v) is 13.5. The van der Waals surface area contributed by atoms with Gasteiger partial charge < -0.3 is 14.8 Å². The van der Waals surface area contributed by atoms with Crippen molar-refractivity contribution in [1.29, 1.82) is 0 Å². The highest BCUT2D eigenvalue weighted by Gasteiger charge is 2.15. The number of hydrogen-bond donors (Lipinski definition) is 2. The highest BCUT2D eigenvalue weighted by molar-refractivity contribution is 6.06. The number of aliphatic hydroxyl groups is 1. The molecule has 124 valence electrons. The monoisotopic (exact) mass is 324 g/mol. The van der Waals surface area contributed by atoms with Gasteiger partial charge in [0.2, 0.25) is 0 Å². The minimum atomic E-state index is -0.158. The van der Waals surface area contributed by atoms with Gasteiger partial charge in [-0.3, -0.25) is 9.78 Å². The van der Waals surface area contributed by atoms with Gasteiger partial charge in [0.25, 0.3) is 5.91 Å². The summed E-state index contributed by atoms with van der Waals surface area (Å²) in [6.45, 7) is 2.24. The number of nitrogens with zero attached hydrogens (tertiary/aromatic N) is 1. The fourth-order valence-electron chi connectivity index (χ4n) is 2.74. The lowest BCUT2D eigenvalue weighted by Gasteiger charge is -2.15. The van der Waals surface area contributed by atoms with Crippen LogP contribution < -0.4 is 5.32 Å². The normalized spacial score (nSPS) is 12.2. The zero-order valence-electron chi connectivity index (χ0n) is 13.5. The van der Waals surface area contributed by atoms with Gasteiger partial charge in [0, 0.05) is 36.6 Å². The second kappa shape index (κ2) is 7.27. The van der Waals surface area contributed by atoms with Crippen molar-refractivity contribution in [3.8, 4) is 0 Å². The van der Waals surface area contributed by atoms with E-state index < -0.39 is 0 Å². The Kier molecular flexibility index (Phi) is 4.91. The van der Waals surface area contributed by atoms with E-state index in [1.165, 1.54) is 0 Å². The SMILES string of the molecule is Cc1cc(C(=O)NC[C@H](CO)Cc2ccco2)c2ccccc2n1. The zero-order chi connectivity index (χ0) is 16.9. The molecule has 1 aromatic carbocycles. The number of para-hydroxylation sites is 1. The van der Waals surface area contributed by atoms with Crippen LogP contribution in [0.3, 0.4) is 0 Å². The number of hydrogen-bond acceptors (Lipinski definition) is 4. The molecule has 2 heterocycles. The molecule has 3 aromatic rings. The largest absolute Gasteiger partial charge is 0.469 e. The summed E-state index contributed by atoms with van der Waals surface area (Å²) >= 11 is 0. The number of carbonyl (C=O) groups excluding carboxylic acids is 1. The molecule has 2 aromatic heterocycles. The fourth-order valence-corrected chi connectivity index (χ4v) is 2.74. The molecule has 0 saturated carbocycles. The molecule has 0 unspecified atom stereocenters. The van der Waals surface area contributed by atoms with Crippen molar-refractivity contribution in [1.82, 2.24) is 10.3 Å². The van der Waals surface area contributed by atoms with Gasteiger partial charge in [-0.05, 0) is 31.2 Å². The first kappa shape index (κ1) is 16.2. The molecule has 3 rings (SSSR count). The number of furan rings is 1. The van der Waals surface area contributed by atoms with Crippen LogP contribution in [0, 0.1) is 12.8 Å². The van der Waals surface area contributed by atoms with Crippen LogP contribution in [0.4, 0.5) is 0 Å². The number of fused-ring (bicyclic) bond motifs is 1. The number of aromatic nitrogens is 1. The van der Waals surface area contributed by atoms with Crippen molar-refractivity contribution in [2.24, 2.45) is 5.92 Å². The molecule has 1 atom stereocenters. The van der Waals surface area contributed by atoms with E-state index in [9.17, 15) is 9.90 Å². The average Bonchev–Trinajstić information content (AvgIpc) is 3.10. The number of benzene rings is 1. The Bertz CT molecular complexity index is 828. The van der Waals surface area contributed by atoms with Crippen LogP contribution in [-0.2, 0) is 6.42 Å². The predicted molar refractivity (Wildman–Crippen MR) is 91.8 cm³/mol. The van der Waals surface area contributed by atoms with Crippen molar-refractivity contribution in [3.05, 3.63) is 65.7 Å². The van der Waals surface area contributed by atoms with Crippen LogP contribution in [0.15, 0.2) is 53.1 Å². The lowest BCUT2D eigenvalue weighted by Crippen LogP contribution is -2.32. The summed E-state index contributed by atoms with van der Waals surface area (Å²) in [7, 11) is 0. The maximum Gasteiger partial charge on any atom is 0.252 e. The Morgan fingerprint density at radius 2 is 2.12 bits per heavy atom. The summed E-state index contributed by atoms with van der Waals surface area (Å²) in [6.07, 6.45) is 2.19. The maximum absolute atomic E-state index is 12.6. The molecule has 0 aliphatic rings. The van der Waals surface area contributed by atoms with Gasteiger partial charge in [0.05, 0.1) is 17.3 Å². The molecule has 0 radical (unpaired) electrons. The van der Waals surface area contributed by atoms with E-state index in [4.69, 9.17) is 4.42 Å². The lowest BCUT2D eigenvalue weighted by molar-refractivity contribution is 0.0940. The summed E-state index contributed by atoms with van der Waals surface area (Å²) in [4.78, 5) is 17.0. The minimum Gasteiger partial charge on any atom is -0.469 e. The number of pyridine rings is 1. The van der Waals surface area contributed by atoms with Crippen LogP contribution in [-0.4, -0.2) is 29.1 Å². The quantitative estimate of drug-likeness (QED) is 0.731. The van der Waals surface area contributed by atoms with Crippen LogP contribution >= 0.6 is 0 Å². The molecular formula is C19H20N2O3. The third kappa shape index (κ3) is 3.63. The van der Waals surface area contributed by atoms with Crippen molar-refractivity contribution < 1.29 is 14.3 Å². The van der Waals surface area contributed by atoms with Crippen LogP contribution in [0.5, 0.6) is 0 Å². The Balaban J connectivity index is 1.73. The summed E-state index contributed by atoms with van der Waals surface area (Å²) in [5.74, 6) is 0.553. The van der Waals surface area contributed by atoms with Gasteiger partial charge in [-0.1, -0.05) is 18.2 Å². The summed E-state index contributed by atoms with van der Waals surface area (Å²) in [5, 5.41) is 13.3. The predicted octanol–water partition coefficient (Wildman–Crippen LogP) is 2.72. The Labute approximate surface area is 140 Å². The number of rotatable bonds is 6. The topological polar surface area (TPSA) is 75.4 Å². The van der Waals surface area contributed by atoms with E-state index in [1.807, 2.05) is 43.3 Å². The van der Waals surface area contributed by atoms with Crippen molar-refractivity contribution in [2.75, 3.05) is 13.2 Å². The highest BCUT2D eigenvalue weighted by Crippen LogP contribution is 2.18. The van der Waals surface area contributed by atoms with Gasteiger partial charge >= 0.3 is 0 Å². The van der Waals surface area contributed by atoms with Gasteiger partial charge in [0.1, 0.15) is 5.76 Å². The van der Waals surface area contributed by atoms with E-state index >= 15 is 0 Å². The molecule has 0 fully saturated rings. The first-order valence-electron chi connectivity index (χ1n) is 7.95. The summed E-state index contributed by atoms with van der Waals surface area (Å²) in [6, 6.07) is 13.1. The lowest BCUT2D eigenvalue weighted by atomic mass is 10.0. The molecule has 0 aliphatic carbocycles. The highest BCUT2D eigenvalue weighted by atomic mass is 16.3. The van der Waals surface area contributed by atoms with Crippen molar-refractivity contribution >= 4 is 16.8 Å². The Hall–Kier alpha value is -2.66. The van der Waals surface area contributed by atoms with E-state index in [-0.39, 0.29) is 18.4 Å². The molecule has 1 amide bonds. The third-order valence-electron chi connectivity index (χ3n) is 3.97. The number of aliphatic hydroxyl groups excluding tert-OH is 1. The molecule has 0 bridgehead atoms. The molecular weight excluding hydrogens is 304 g/mol. The number of amides is 1. The Morgan fingerprint density at radius 1 is 1.29 bits per heavy atom. The summed E-state index contributed by atoms with van der Waals surface area (Å²) < 4.78 is 5.30. The summed E-state index contributed by atoms with van der Waals surface area (Å²) in [5.41, 5.74) is 2.21. The van der Waals surface area contributed by atoms with Gasteiger partial charge in [-0.15, -0.1) is 0 Å². The van der Waals surface area contributed by atoms with E-state index in [0.717, 1.165) is 22.4 Å². The van der Waals surface area contributed by atoms with Gasteiger partial charge in [-0.2, -0.15) is 0 Å². The molecule has 0 saturated heterocycles. The molecule has 5 nitrogen and oxygen atoms in total. The third-order valence-corrected chi connectivity index (χ3v) is 3.97. The van der Waals surface area contributed by atoms with Crippen molar-refractivity contribution in [3.63, 3.8) is 0 Å². The van der Waals surface area contributed by atoms with E-state index in [1.54, 1.807) is 12.3 Å². The standard InChI is InChI=1S/C19H20N2O3/c1-13-9-17(16-6-2-3-7-18(16)21-13)19(23)20-11-14(12-22)10-15-5-4-8-24-15/h2-9,14,22H,10-12H2,1H3,(H,20,23)/t14-/m1/s1. The average molecular weight is 324 g/mol. The fraction of sp³-hybridized carbons (Fsp3) is 0.263. The first-order chi connectivity index (χ1) is 11.7. The number of nitrogens with one attached hydrogen (secondary N) is 1. The van der Waals surface area contributed by atoms with Crippen molar-refractivity contribution in [2.45, 2.75) is 13.3 Å². The van der Waals surface area contributed by atoms with Crippen LogP contribution in [0.1, 0.15) is 21.8 Å². The van der Waals surface area contributed by atoms with E-state index in [0.29, 0.717) is 18.5 Å².